The lowest BCUT2D eigenvalue weighted by atomic mass is 10.1. The van der Waals surface area contributed by atoms with Crippen molar-refractivity contribution in [2.45, 2.75) is 19.3 Å². The smallest absolute Gasteiger partial charge is 0.265 e. The molecule has 19 heavy (non-hydrogen) atoms. The van der Waals surface area contributed by atoms with Gasteiger partial charge in [0.05, 0.1) is 11.7 Å². The van der Waals surface area contributed by atoms with Crippen molar-refractivity contribution in [3.8, 4) is 0 Å². The number of aromatic nitrogens is 3. The Labute approximate surface area is 115 Å². The molecule has 1 aliphatic heterocycles. The Morgan fingerprint density at radius 3 is 3.16 bits per heavy atom. The molecule has 1 amide bonds. The summed E-state index contributed by atoms with van der Waals surface area (Å²) in [5.41, 5.74) is 2.65. The predicted octanol–water partition coefficient (Wildman–Crippen LogP) is 1.87. The first-order chi connectivity index (χ1) is 9.24. The van der Waals surface area contributed by atoms with Crippen LogP contribution >= 0.6 is 11.3 Å². The summed E-state index contributed by atoms with van der Waals surface area (Å²) in [5, 5.41) is 0. The molecule has 3 rings (SSSR count). The highest BCUT2D eigenvalue weighted by molar-refractivity contribution is 7.11. The molecule has 0 aromatic carbocycles. The van der Waals surface area contributed by atoms with E-state index in [0.717, 1.165) is 24.5 Å². The molecule has 1 aliphatic rings. The van der Waals surface area contributed by atoms with E-state index in [2.05, 4.69) is 15.0 Å². The number of amides is 1. The van der Waals surface area contributed by atoms with Crippen molar-refractivity contribution in [1.82, 2.24) is 19.9 Å². The van der Waals surface area contributed by atoms with Crippen LogP contribution in [0.15, 0.2) is 24.0 Å². The summed E-state index contributed by atoms with van der Waals surface area (Å²) in [6, 6.07) is 1.89. The highest BCUT2D eigenvalue weighted by Crippen LogP contribution is 2.26. The molecular formula is C13H14N4OS. The number of nitrogens with zero attached hydrogens (tertiary/aromatic N) is 4. The van der Waals surface area contributed by atoms with E-state index in [1.807, 2.05) is 17.9 Å². The van der Waals surface area contributed by atoms with Crippen LogP contribution in [0.25, 0.3) is 0 Å². The summed E-state index contributed by atoms with van der Waals surface area (Å²) in [5.74, 6) is 1.16. The third kappa shape index (κ3) is 2.49. The lowest BCUT2D eigenvalue weighted by Gasteiger charge is -2.14. The van der Waals surface area contributed by atoms with Crippen molar-refractivity contribution >= 4 is 17.2 Å². The van der Waals surface area contributed by atoms with Gasteiger partial charge in [0.25, 0.3) is 5.91 Å². The molecule has 0 N–H and O–H groups in total. The van der Waals surface area contributed by atoms with Gasteiger partial charge in [-0.2, -0.15) is 0 Å². The molecule has 0 radical (unpaired) electrons. The SMILES string of the molecule is Cc1ccnc(C2CCN(C(=O)c3cncs3)C2)n1. The van der Waals surface area contributed by atoms with Gasteiger partial charge in [-0.15, -0.1) is 11.3 Å². The Hall–Kier alpha value is -1.82. The zero-order valence-corrected chi connectivity index (χ0v) is 11.4. The van der Waals surface area contributed by atoms with Gasteiger partial charge in [-0.05, 0) is 19.4 Å². The van der Waals surface area contributed by atoms with Gasteiger partial charge in [0.15, 0.2) is 0 Å². The van der Waals surface area contributed by atoms with Crippen LogP contribution in [-0.4, -0.2) is 38.8 Å². The Kier molecular flexibility index (Phi) is 3.25. The average molecular weight is 274 g/mol. The normalized spacial score (nSPS) is 18.8. The highest BCUT2D eigenvalue weighted by Gasteiger charge is 2.30. The molecule has 0 bridgehead atoms. The van der Waals surface area contributed by atoms with Crippen molar-refractivity contribution in [2.75, 3.05) is 13.1 Å². The highest BCUT2D eigenvalue weighted by atomic mass is 32.1. The van der Waals surface area contributed by atoms with Crippen molar-refractivity contribution in [2.24, 2.45) is 0 Å². The maximum atomic E-state index is 12.2. The molecule has 0 spiro atoms. The molecule has 98 valence electrons. The minimum atomic E-state index is 0.0673. The van der Waals surface area contributed by atoms with Gasteiger partial charge in [0, 0.05) is 30.9 Å². The Morgan fingerprint density at radius 2 is 2.42 bits per heavy atom. The van der Waals surface area contributed by atoms with E-state index in [0.29, 0.717) is 11.4 Å². The molecule has 0 saturated carbocycles. The molecule has 3 heterocycles. The van der Waals surface area contributed by atoms with Crippen LogP contribution in [0.5, 0.6) is 0 Å². The summed E-state index contributed by atoms with van der Waals surface area (Å²) in [4.78, 5) is 27.5. The number of carbonyl (C=O) groups excluding carboxylic acids is 1. The minimum absolute atomic E-state index is 0.0673. The van der Waals surface area contributed by atoms with Crippen LogP contribution in [0.2, 0.25) is 0 Å². The van der Waals surface area contributed by atoms with E-state index in [1.54, 1.807) is 17.9 Å². The monoisotopic (exact) mass is 274 g/mol. The first-order valence-electron chi connectivity index (χ1n) is 6.21. The zero-order chi connectivity index (χ0) is 13.2. The number of hydrogen-bond acceptors (Lipinski definition) is 5. The van der Waals surface area contributed by atoms with Gasteiger partial charge in [-0.3, -0.25) is 9.78 Å². The molecule has 5 nitrogen and oxygen atoms in total. The number of likely N-dealkylation sites (tertiary alicyclic amines) is 1. The van der Waals surface area contributed by atoms with E-state index < -0.39 is 0 Å². The minimum Gasteiger partial charge on any atom is -0.337 e. The summed E-state index contributed by atoms with van der Waals surface area (Å²) >= 11 is 1.38. The molecule has 0 aliphatic carbocycles. The molecule has 2 aromatic heterocycles. The Morgan fingerprint density at radius 1 is 1.53 bits per heavy atom. The second-order valence-electron chi connectivity index (χ2n) is 4.66. The van der Waals surface area contributed by atoms with Gasteiger partial charge in [-0.1, -0.05) is 0 Å². The number of thiazole rings is 1. The third-order valence-corrected chi connectivity index (χ3v) is 4.06. The molecule has 1 unspecified atom stereocenters. The predicted molar refractivity (Wildman–Crippen MR) is 72.1 cm³/mol. The van der Waals surface area contributed by atoms with E-state index in [1.165, 1.54) is 11.3 Å². The zero-order valence-electron chi connectivity index (χ0n) is 10.6. The molecule has 1 fully saturated rings. The van der Waals surface area contributed by atoms with Crippen LogP contribution < -0.4 is 0 Å². The van der Waals surface area contributed by atoms with Crippen molar-refractivity contribution in [3.63, 3.8) is 0 Å². The van der Waals surface area contributed by atoms with E-state index in [9.17, 15) is 4.79 Å². The van der Waals surface area contributed by atoms with Crippen molar-refractivity contribution < 1.29 is 4.79 Å². The largest absolute Gasteiger partial charge is 0.337 e. The topological polar surface area (TPSA) is 59.0 Å². The van der Waals surface area contributed by atoms with Gasteiger partial charge in [0.1, 0.15) is 10.7 Å². The first-order valence-corrected chi connectivity index (χ1v) is 7.09. The standard InChI is InChI=1S/C13H14N4OS/c1-9-2-4-15-12(16-9)10-3-5-17(7-10)13(18)11-6-14-8-19-11/h2,4,6,8,10H,3,5,7H2,1H3. The molecule has 1 saturated heterocycles. The number of rotatable bonds is 2. The quantitative estimate of drug-likeness (QED) is 0.839. The summed E-state index contributed by atoms with van der Waals surface area (Å²) < 4.78 is 0. The van der Waals surface area contributed by atoms with Crippen LogP contribution in [-0.2, 0) is 0 Å². The fourth-order valence-corrected chi connectivity index (χ4v) is 2.88. The fraction of sp³-hybridized carbons (Fsp3) is 0.385. The number of hydrogen-bond donors (Lipinski definition) is 0. The van der Waals surface area contributed by atoms with Gasteiger partial charge in [0.2, 0.25) is 0 Å². The van der Waals surface area contributed by atoms with Gasteiger partial charge >= 0.3 is 0 Å². The van der Waals surface area contributed by atoms with E-state index >= 15 is 0 Å². The maximum Gasteiger partial charge on any atom is 0.265 e. The van der Waals surface area contributed by atoms with E-state index in [4.69, 9.17) is 0 Å². The summed E-state index contributed by atoms with van der Waals surface area (Å²) in [7, 11) is 0. The molecular weight excluding hydrogens is 260 g/mol. The Bertz CT molecular complexity index is 584. The van der Waals surface area contributed by atoms with E-state index in [-0.39, 0.29) is 11.8 Å². The third-order valence-electron chi connectivity index (χ3n) is 3.30. The Balaban J connectivity index is 1.72. The second kappa shape index (κ2) is 5.05. The lowest BCUT2D eigenvalue weighted by molar-refractivity contribution is 0.0795. The lowest BCUT2D eigenvalue weighted by Crippen LogP contribution is -2.27. The van der Waals surface area contributed by atoms with Crippen LogP contribution in [0.1, 0.15) is 33.5 Å². The first kappa shape index (κ1) is 12.2. The van der Waals surface area contributed by atoms with Gasteiger partial charge in [-0.25, -0.2) is 9.97 Å². The van der Waals surface area contributed by atoms with Crippen LogP contribution in [0.3, 0.4) is 0 Å². The maximum absolute atomic E-state index is 12.2. The average Bonchev–Trinajstić information content (AvgIpc) is 3.10. The molecule has 6 heteroatoms. The molecule has 2 aromatic rings. The number of carbonyl (C=O) groups is 1. The summed E-state index contributed by atoms with van der Waals surface area (Å²) in [6.45, 7) is 3.42. The second-order valence-corrected chi connectivity index (χ2v) is 5.55. The molecule has 1 atom stereocenters. The number of aryl methyl sites for hydroxylation is 1. The fourth-order valence-electron chi connectivity index (χ4n) is 2.30. The summed E-state index contributed by atoms with van der Waals surface area (Å²) in [6.07, 6.45) is 4.34. The van der Waals surface area contributed by atoms with Crippen LogP contribution in [0.4, 0.5) is 0 Å². The van der Waals surface area contributed by atoms with Crippen LogP contribution in [0, 0.1) is 6.92 Å². The van der Waals surface area contributed by atoms with Crippen molar-refractivity contribution in [3.05, 3.63) is 40.4 Å². The van der Waals surface area contributed by atoms with Crippen molar-refractivity contribution in [1.29, 1.82) is 0 Å². The van der Waals surface area contributed by atoms with Gasteiger partial charge < -0.3 is 4.90 Å².